The predicted molar refractivity (Wildman–Crippen MR) is 102 cm³/mol. The van der Waals surface area contributed by atoms with E-state index in [1.807, 2.05) is 0 Å². The zero-order valence-electron chi connectivity index (χ0n) is 18.4. The molecule has 1 N–H and O–H groups in total. The van der Waals surface area contributed by atoms with Crippen LogP contribution in [0.1, 0.15) is 45.2 Å². The molecule has 3 heterocycles. The number of hydrogen-bond donors (Lipinski definition) is 1. The first kappa shape index (κ1) is 14.5. The van der Waals surface area contributed by atoms with Gasteiger partial charge in [-0.2, -0.15) is 15.0 Å². The first-order chi connectivity index (χ1) is 15.3. The highest BCUT2D eigenvalue weighted by Crippen LogP contribution is 2.48. The highest BCUT2D eigenvalue weighted by atomic mass is 16.5. The minimum absolute atomic E-state index is 0.00780. The summed E-state index contributed by atoms with van der Waals surface area (Å²) in [7, 11) is 0. The molecule has 0 radical (unpaired) electrons. The minimum Gasteiger partial charge on any atom is -0.358 e. The lowest BCUT2D eigenvalue weighted by Gasteiger charge is -2.21. The second-order valence-corrected chi connectivity index (χ2v) is 7.29. The van der Waals surface area contributed by atoms with E-state index in [-0.39, 0.29) is 12.1 Å². The monoisotopic (exact) mass is 395 g/mol. The van der Waals surface area contributed by atoms with Gasteiger partial charge in [0.1, 0.15) is 11.6 Å². The summed E-state index contributed by atoms with van der Waals surface area (Å²) < 4.78 is 29.0. The number of carbonyl (C=O) groups excluding carboxylic acids is 2. The van der Waals surface area contributed by atoms with E-state index < -0.39 is 30.4 Å². The Bertz CT molecular complexity index is 1170. The molecule has 1 fully saturated rings. The fraction of sp³-hybridized carbons (Fsp3) is 0.350. The Balaban J connectivity index is 1.37. The summed E-state index contributed by atoms with van der Waals surface area (Å²) in [6.45, 7) is -2.68. The van der Waals surface area contributed by atoms with Gasteiger partial charge in [-0.05, 0) is 37.3 Å². The lowest BCUT2D eigenvalue weighted by atomic mass is 10.1. The Hall–Kier alpha value is -3.49. The number of aromatic nitrogens is 4. The van der Waals surface area contributed by atoms with Crippen molar-refractivity contribution in [3.63, 3.8) is 0 Å². The number of hydrogen-bond acceptors (Lipinski definition) is 6. The minimum atomic E-state index is -2.68. The fourth-order valence-electron chi connectivity index (χ4n) is 3.71. The van der Waals surface area contributed by atoms with Crippen LogP contribution in [0.15, 0.2) is 47.2 Å². The summed E-state index contributed by atoms with van der Waals surface area (Å²) in [4.78, 5) is 28.3. The average molecular weight is 395 g/mol. The van der Waals surface area contributed by atoms with Crippen LogP contribution in [0.5, 0.6) is 0 Å². The van der Waals surface area contributed by atoms with Crippen molar-refractivity contribution < 1.29 is 18.2 Å². The van der Waals surface area contributed by atoms with Crippen molar-refractivity contribution in [2.45, 2.75) is 37.3 Å². The second-order valence-electron chi connectivity index (χ2n) is 7.29. The summed E-state index contributed by atoms with van der Waals surface area (Å²) in [5, 5.41) is 14.8. The number of fused-ring (bicyclic) bond motifs is 1. The number of para-hydroxylation sites is 1. The molecule has 5 rings (SSSR count). The normalized spacial score (nSPS) is 22.1. The first-order valence-electron chi connectivity index (χ1n) is 10.9. The lowest BCUT2D eigenvalue weighted by molar-refractivity contribution is -0.120. The SMILES string of the molecule is [2H]C([2H])([2H])N1C(=O)[C@@H](NC(=O)c2cc(C3(n4nccn4)CC3)on2)CCc2ccccc21. The Morgan fingerprint density at radius 1 is 1.31 bits per heavy atom. The molecular formula is C20H20N6O3. The van der Waals surface area contributed by atoms with Crippen LogP contribution in [-0.4, -0.2) is 45.0 Å². The second kappa shape index (κ2) is 6.54. The maximum Gasteiger partial charge on any atom is 0.274 e. The van der Waals surface area contributed by atoms with Gasteiger partial charge in [-0.3, -0.25) is 9.59 Å². The molecule has 9 heteroatoms. The molecule has 1 aliphatic heterocycles. The van der Waals surface area contributed by atoms with Crippen LogP contribution in [0.2, 0.25) is 0 Å². The average Bonchev–Trinajstić information content (AvgIpc) is 3.17. The van der Waals surface area contributed by atoms with Gasteiger partial charge in [0.25, 0.3) is 5.91 Å². The first-order valence-corrected chi connectivity index (χ1v) is 9.36. The summed E-state index contributed by atoms with van der Waals surface area (Å²) in [6, 6.07) is 7.36. The van der Waals surface area contributed by atoms with Gasteiger partial charge in [-0.1, -0.05) is 23.4 Å². The predicted octanol–water partition coefficient (Wildman–Crippen LogP) is 1.51. The smallest absolute Gasteiger partial charge is 0.274 e. The molecule has 9 nitrogen and oxygen atoms in total. The van der Waals surface area contributed by atoms with Crippen LogP contribution in [0.25, 0.3) is 0 Å². The molecule has 1 aromatic carbocycles. The molecule has 29 heavy (non-hydrogen) atoms. The van der Waals surface area contributed by atoms with E-state index in [1.54, 1.807) is 36.7 Å². The molecule has 2 aromatic heterocycles. The number of aryl methyl sites for hydroxylation is 1. The van der Waals surface area contributed by atoms with Crippen molar-refractivity contribution >= 4 is 17.5 Å². The molecule has 0 unspecified atom stereocenters. The van der Waals surface area contributed by atoms with Gasteiger partial charge in [0, 0.05) is 22.8 Å². The number of carbonyl (C=O) groups is 2. The van der Waals surface area contributed by atoms with Gasteiger partial charge in [-0.15, -0.1) is 0 Å². The van der Waals surface area contributed by atoms with Crippen molar-refractivity contribution in [2.24, 2.45) is 0 Å². The van der Waals surface area contributed by atoms with Gasteiger partial charge >= 0.3 is 0 Å². The third-order valence-electron chi connectivity index (χ3n) is 5.49. The van der Waals surface area contributed by atoms with E-state index in [2.05, 4.69) is 20.7 Å². The van der Waals surface area contributed by atoms with E-state index in [0.29, 0.717) is 17.9 Å². The van der Waals surface area contributed by atoms with Crippen LogP contribution in [0.3, 0.4) is 0 Å². The topological polar surface area (TPSA) is 106 Å². The lowest BCUT2D eigenvalue weighted by Crippen LogP contribution is -2.46. The maximum absolute atomic E-state index is 13.1. The molecule has 2 amide bonds. The highest BCUT2D eigenvalue weighted by molar-refractivity contribution is 6.02. The largest absolute Gasteiger partial charge is 0.358 e. The summed E-state index contributed by atoms with van der Waals surface area (Å²) >= 11 is 0. The van der Waals surface area contributed by atoms with E-state index in [1.165, 1.54) is 10.9 Å². The number of rotatable bonds is 4. The standard InChI is InChI=1S/C20H20N6O3/c1-25-16-5-3-2-4-13(16)6-7-14(19(25)28)23-18(27)15-12-17(29-24-15)20(8-9-20)26-21-10-11-22-26/h2-5,10-12,14H,6-9H2,1H3,(H,23,27)/t14-/m0/s1/i1D3. The quantitative estimate of drug-likeness (QED) is 0.718. The van der Waals surface area contributed by atoms with Crippen LogP contribution in [0.4, 0.5) is 5.69 Å². The Kier molecular flexibility index (Phi) is 3.27. The highest BCUT2D eigenvalue weighted by Gasteiger charge is 2.52. The number of anilines is 1. The third kappa shape index (κ3) is 2.89. The molecule has 148 valence electrons. The van der Waals surface area contributed by atoms with E-state index in [0.717, 1.165) is 23.3 Å². The van der Waals surface area contributed by atoms with E-state index >= 15 is 0 Å². The van der Waals surface area contributed by atoms with Gasteiger partial charge < -0.3 is 14.7 Å². The third-order valence-corrected chi connectivity index (χ3v) is 5.49. The Morgan fingerprint density at radius 2 is 2.10 bits per heavy atom. The number of likely N-dealkylation sites (N-methyl/N-ethyl adjacent to an activating group) is 1. The number of nitrogens with one attached hydrogen (secondary N) is 1. The van der Waals surface area contributed by atoms with Crippen LogP contribution >= 0.6 is 0 Å². The zero-order valence-corrected chi connectivity index (χ0v) is 15.4. The van der Waals surface area contributed by atoms with Crippen LogP contribution < -0.4 is 10.2 Å². The van der Waals surface area contributed by atoms with Crippen molar-refractivity contribution in [2.75, 3.05) is 11.9 Å². The molecule has 0 bridgehead atoms. The van der Waals surface area contributed by atoms with Crippen LogP contribution in [-0.2, 0) is 16.8 Å². The molecule has 1 saturated carbocycles. The van der Waals surface area contributed by atoms with Gasteiger partial charge in [0.15, 0.2) is 11.5 Å². The molecule has 1 atom stereocenters. The Labute approximate surface area is 170 Å². The van der Waals surface area contributed by atoms with E-state index in [4.69, 9.17) is 8.64 Å². The summed E-state index contributed by atoms with van der Waals surface area (Å²) in [5.74, 6) is -0.840. The van der Waals surface area contributed by atoms with Gasteiger partial charge in [0.05, 0.1) is 12.4 Å². The van der Waals surface area contributed by atoms with Gasteiger partial charge in [0.2, 0.25) is 5.91 Å². The summed E-state index contributed by atoms with van der Waals surface area (Å²) in [6.07, 6.45) is 5.35. The van der Waals surface area contributed by atoms with Crippen molar-refractivity contribution in [3.05, 3.63) is 59.7 Å². The van der Waals surface area contributed by atoms with Crippen molar-refractivity contribution in [1.29, 1.82) is 0 Å². The maximum atomic E-state index is 13.1. The van der Waals surface area contributed by atoms with Crippen molar-refractivity contribution in [3.8, 4) is 0 Å². The number of nitrogens with zero attached hydrogens (tertiary/aromatic N) is 5. The van der Waals surface area contributed by atoms with Crippen LogP contribution in [0, 0.1) is 0 Å². The molecule has 3 aromatic rings. The zero-order chi connectivity index (χ0) is 22.5. The molecule has 1 aliphatic carbocycles. The van der Waals surface area contributed by atoms with Gasteiger partial charge in [-0.25, -0.2) is 0 Å². The van der Waals surface area contributed by atoms with Crippen molar-refractivity contribution in [1.82, 2.24) is 25.5 Å². The summed E-state index contributed by atoms with van der Waals surface area (Å²) in [5.41, 5.74) is 0.529. The van der Waals surface area contributed by atoms with E-state index in [9.17, 15) is 9.59 Å². The molecule has 0 spiro atoms. The number of amides is 2. The molecule has 2 aliphatic rings. The Morgan fingerprint density at radius 3 is 2.86 bits per heavy atom. The number of benzene rings is 1. The molecule has 0 saturated heterocycles. The fourth-order valence-corrected chi connectivity index (χ4v) is 3.71. The molecular weight excluding hydrogens is 372 g/mol.